The summed E-state index contributed by atoms with van der Waals surface area (Å²) < 4.78 is 41.3. The van der Waals surface area contributed by atoms with Gasteiger partial charge in [0.25, 0.3) is 15.9 Å². The first-order valence-corrected chi connectivity index (χ1v) is 11.1. The second kappa shape index (κ2) is 7.45. The fourth-order valence-corrected chi connectivity index (χ4v) is 5.58. The number of rotatable bonds is 4. The van der Waals surface area contributed by atoms with Gasteiger partial charge in [0.15, 0.2) is 0 Å². The molecule has 156 valence electrons. The minimum atomic E-state index is -4.03. The Balaban J connectivity index is 1.81. The molecule has 1 aliphatic rings. The van der Waals surface area contributed by atoms with Crippen LogP contribution >= 0.6 is 11.6 Å². The minimum absolute atomic E-state index is 0.0548. The maximum absolute atomic E-state index is 13.4. The highest BCUT2D eigenvalue weighted by Crippen LogP contribution is 2.32. The zero-order valence-corrected chi connectivity index (χ0v) is 17.6. The van der Waals surface area contributed by atoms with Gasteiger partial charge in [-0.05, 0) is 79.3 Å². The summed E-state index contributed by atoms with van der Waals surface area (Å²) in [7, 11) is -4.03. The highest BCUT2D eigenvalue weighted by atomic mass is 35.5. The van der Waals surface area contributed by atoms with E-state index in [2.05, 4.69) is 5.32 Å². The van der Waals surface area contributed by atoms with Crippen LogP contribution in [-0.2, 0) is 22.9 Å². The lowest BCUT2D eigenvalue weighted by Crippen LogP contribution is -2.23. The number of aryl methyl sites for hydroxylation is 2. The molecule has 1 heterocycles. The standard InChI is InChI=1S/C21H19ClFN3O3S/c1-12-9-14(24)5-8-19(12)30(28,29)26-11-13-3-2-4-16(13)20(26)21(27)25-15-6-7-18(23)17(22)10-15/h5-11H,2-4,24H2,1H3,(H,25,27). The van der Waals surface area contributed by atoms with Gasteiger partial charge < -0.3 is 11.1 Å². The topological polar surface area (TPSA) is 94.2 Å². The number of carbonyl (C=O) groups excluding carboxylic acids is 1. The average Bonchev–Trinajstić information content (AvgIpc) is 3.25. The van der Waals surface area contributed by atoms with E-state index in [9.17, 15) is 17.6 Å². The van der Waals surface area contributed by atoms with Gasteiger partial charge in [-0.15, -0.1) is 0 Å². The number of amides is 1. The molecular formula is C21H19ClFN3O3S. The second-order valence-electron chi connectivity index (χ2n) is 7.24. The van der Waals surface area contributed by atoms with Crippen molar-refractivity contribution in [2.24, 2.45) is 0 Å². The fourth-order valence-electron chi connectivity index (χ4n) is 3.78. The van der Waals surface area contributed by atoms with Gasteiger partial charge in [0.2, 0.25) is 0 Å². The van der Waals surface area contributed by atoms with Gasteiger partial charge in [-0.1, -0.05) is 11.6 Å². The monoisotopic (exact) mass is 447 g/mol. The van der Waals surface area contributed by atoms with E-state index in [0.717, 1.165) is 22.0 Å². The number of hydrogen-bond acceptors (Lipinski definition) is 4. The molecule has 1 aromatic heterocycles. The van der Waals surface area contributed by atoms with Gasteiger partial charge in [-0.2, -0.15) is 0 Å². The van der Waals surface area contributed by atoms with E-state index in [4.69, 9.17) is 17.3 Å². The third kappa shape index (κ3) is 3.46. The van der Waals surface area contributed by atoms with Crippen molar-refractivity contribution in [3.63, 3.8) is 0 Å². The molecule has 0 fully saturated rings. The highest BCUT2D eigenvalue weighted by molar-refractivity contribution is 7.90. The summed E-state index contributed by atoms with van der Waals surface area (Å²) >= 11 is 5.79. The number of hydrogen-bond donors (Lipinski definition) is 2. The van der Waals surface area contributed by atoms with E-state index in [-0.39, 0.29) is 21.3 Å². The zero-order chi connectivity index (χ0) is 21.6. The molecule has 9 heteroatoms. The van der Waals surface area contributed by atoms with Gasteiger partial charge in [0, 0.05) is 17.6 Å². The van der Waals surface area contributed by atoms with E-state index in [1.165, 1.54) is 30.5 Å². The summed E-state index contributed by atoms with van der Waals surface area (Å²) in [6, 6.07) is 8.30. The van der Waals surface area contributed by atoms with Crippen molar-refractivity contribution >= 4 is 38.9 Å². The Morgan fingerprint density at radius 1 is 1.20 bits per heavy atom. The Labute approximate surface area is 178 Å². The molecule has 0 unspecified atom stereocenters. The number of nitrogen functional groups attached to an aromatic ring is 1. The quantitative estimate of drug-likeness (QED) is 0.587. The van der Waals surface area contributed by atoms with Gasteiger partial charge in [0.1, 0.15) is 11.5 Å². The predicted molar refractivity (Wildman–Crippen MR) is 114 cm³/mol. The van der Waals surface area contributed by atoms with Gasteiger partial charge in [-0.25, -0.2) is 16.8 Å². The molecule has 1 aliphatic carbocycles. The first-order chi connectivity index (χ1) is 14.2. The normalized spacial score (nSPS) is 13.3. The summed E-state index contributed by atoms with van der Waals surface area (Å²) in [4.78, 5) is 13.2. The van der Waals surface area contributed by atoms with E-state index < -0.39 is 21.7 Å². The molecule has 0 atom stereocenters. The summed E-state index contributed by atoms with van der Waals surface area (Å²) in [5.74, 6) is -1.21. The maximum atomic E-state index is 13.4. The third-order valence-electron chi connectivity index (χ3n) is 5.17. The molecule has 2 aromatic carbocycles. The highest BCUT2D eigenvalue weighted by Gasteiger charge is 2.31. The number of carbonyl (C=O) groups is 1. The Bertz CT molecular complexity index is 1280. The Morgan fingerprint density at radius 3 is 2.67 bits per heavy atom. The number of halogens is 2. The lowest BCUT2D eigenvalue weighted by atomic mass is 10.2. The van der Waals surface area contributed by atoms with E-state index in [1.807, 2.05) is 0 Å². The van der Waals surface area contributed by atoms with Crippen molar-refractivity contribution in [1.29, 1.82) is 0 Å². The molecule has 0 radical (unpaired) electrons. The molecule has 0 spiro atoms. The van der Waals surface area contributed by atoms with Crippen molar-refractivity contribution in [1.82, 2.24) is 3.97 Å². The average molecular weight is 448 g/mol. The van der Waals surface area contributed by atoms with Crippen LogP contribution in [0.5, 0.6) is 0 Å². The largest absolute Gasteiger partial charge is 0.399 e. The summed E-state index contributed by atoms with van der Waals surface area (Å²) in [5, 5.41) is 2.49. The van der Waals surface area contributed by atoms with Gasteiger partial charge in [-0.3, -0.25) is 4.79 Å². The number of fused-ring (bicyclic) bond motifs is 1. The van der Waals surface area contributed by atoms with Crippen LogP contribution in [0.4, 0.5) is 15.8 Å². The smallest absolute Gasteiger partial charge is 0.273 e. The van der Waals surface area contributed by atoms with Crippen LogP contribution in [0.25, 0.3) is 0 Å². The molecule has 1 amide bonds. The Hall–Kier alpha value is -2.84. The third-order valence-corrected chi connectivity index (χ3v) is 7.28. The Kier molecular flexibility index (Phi) is 5.07. The van der Waals surface area contributed by atoms with Crippen LogP contribution in [0.2, 0.25) is 5.02 Å². The Morgan fingerprint density at radius 2 is 1.97 bits per heavy atom. The maximum Gasteiger partial charge on any atom is 0.273 e. The van der Waals surface area contributed by atoms with Crippen LogP contribution in [0.1, 0.15) is 33.6 Å². The molecular weight excluding hydrogens is 429 g/mol. The minimum Gasteiger partial charge on any atom is -0.399 e. The number of nitrogens with one attached hydrogen (secondary N) is 1. The van der Waals surface area contributed by atoms with Crippen molar-refractivity contribution in [3.8, 4) is 0 Å². The summed E-state index contributed by atoms with van der Waals surface area (Å²) in [6.07, 6.45) is 3.65. The second-order valence-corrected chi connectivity index (χ2v) is 9.43. The zero-order valence-electron chi connectivity index (χ0n) is 16.1. The fraction of sp³-hybridized carbons (Fsp3) is 0.190. The van der Waals surface area contributed by atoms with Crippen molar-refractivity contribution in [2.45, 2.75) is 31.1 Å². The first kappa shape index (κ1) is 20.4. The number of aromatic nitrogens is 1. The number of nitrogens with zero attached hydrogens (tertiary/aromatic N) is 1. The summed E-state index contributed by atoms with van der Waals surface area (Å²) in [6.45, 7) is 1.65. The molecule has 0 aliphatic heterocycles. The molecule has 3 N–H and O–H groups in total. The molecule has 0 saturated heterocycles. The molecule has 4 rings (SSSR count). The number of nitrogens with two attached hydrogens (primary N) is 1. The molecule has 0 bridgehead atoms. The summed E-state index contributed by atoms with van der Waals surface area (Å²) in [5.41, 5.74) is 8.55. The van der Waals surface area contributed by atoms with Crippen LogP contribution in [0.3, 0.4) is 0 Å². The van der Waals surface area contributed by atoms with Gasteiger partial charge >= 0.3 is 0 Å². The van der Waals surface area contributed by atoms with Crippen molar-refractivity contribution in [3.05, 3.63) is 75.8 Å². The molecule has 6 nitrogen and oxygen atoms in total. The first-order valence-electron chi connectivity index (χ1n) is 9.29. The van der Waals surface area contributed by atoms with Crippen LogP contribution in [0, 0.1) is 12.7 Å². The molecule has 30 heavy (non-hydrogen) atoms. The number of anilines is 2. The van der Waals surface area contributed by atoms with E-state index in [0.29, 0.717) is 29.7 Å². The van der Waals surface area contributed by atoms with Crippen LogP contribution < -0.4 is 11.1 Å². The van der Waals surface area contributed by atoms with Gasteiger partial charge in [0.05, 0.1) is 9.92 Å². The van der Waals surface area contributed by atoms with E-state index >= 15 is 0 Å². The molecule has 0 saturated carbocycles. The SMILES string of the molecule is Cc1cc(N)ccc1S(=O)(=O)n1cc2c(c1C(=O)Nc1ccc(F)c(Cl)c1)CCC2. The lowest BCUT2D eigenvalue weighted by molar-refractivity contribution is 0.102. The predicted octanol–water partition coefficient (Wildman–Crippen LogP) is 4.15. The van der Waals surface area contributed by atoms with Crippen LogP contribution in [-0.4, -0.2) is 18.3 Å². The van der Waals surface area contributed by atoms with Crippen LogP contribution in [0.15, 0.2) is 47.5 Å². The van der Waals surface area contributed by atoms with E-state index in [1.54, 1.807) is 13.0 Å². The van der Waals surface area contributed by atoms with Crippen molar-refractivity contribution in [2.75, 3.05) is 11.1 Å². The van der Waals surface area contributed by atoms with Crippen molar-refractivity contribution < 1.29 is 17.6 Å². The molecule has 3 aromatic rings. The lowest BCUT2D eigenvalue weighted by Gasteiger charge is -2.14. The number of benzene rings is 2.